The lowest BCUT2D eigenvalue weighted by Crippen LogP contribution is -2.41. The summed E-state index contributed by atoms with van der Waals surface area (Å²) < 4.78 is 1.07. The smallest absolute Gasteiger partial charge is 0.170 e. The van der Waals surface area contributed by atoms with Gasteiger partial charge in [0, 0.05) is 16.2 Å². The molecule has 0 unspecified atom stereocenters. The van der Waals surface area contributed by atoms with Gasteiger partial charge in [-0.15, -0.1) is 0 Å². The predicted octanol–water partition coefficient (Wildman–Crippen LogP) is 3.29. The molecule has 2 nitrogen and oxygen atoms in total. The lowest BCUT2D eigenvalue weighted by atomic mass is 9.93. The second-order valence-electron chi connectivity index (χ2n) is 3.73. The van der Waals surface area contributed by atoms with Gasteiger partial charge in [0.15, 0.2) is 5.11 Å². The summed E-state index contributed by atoms with van der Waals surface area (Å²) >= 11 is 8.61. The van der Waals surface area contributed by atoms with Gasteiger partial charge in [-0.3, -0.25) is 0 Å². The molecule has 0 bridgehead atoms. The van der Waals surface area contributed by atoms with Crippen LogP contribution >= 0.6 is 28.1 Å². The normalized spacial score (nSPS) is 15.5. The molecule has 0 radical (unpaired) electrons. The molecular weight excluding hydrogens is 272 g/mol. The molecule has 0 aromatic heterocycles. The van der Waals surface area contributed by atoms with E-state index >= 15 is 0 Å². The van der Waals surface area contributed by atoms with Crippen molar-refractivity contribution in [3.63, 3.8) is 0 Å². The van der Waals surface area contributed by atoms with E-state index in [0.29, 0.717) is 6.04 Å². The van der Waals surface area contributed by atoms with Crippen LogP contribution < -0.4 is 10.6 Å². The van der Waals surface area contributed by atoms with Crippen molar-refractivity contribution >= 4 is 38.9 Å². The van der Waals surface area contributed by atoms with Crippen LogP contribution in [0.15, 0.2) is 28.7 Å². The summed E-state index contributed by atoms with van der Waals surface area (Å²) in [5.74, 6) is 0. The largest absolute Gasteiger partial charge is 0.360 e. The molecule has 0 aliphatic heterocycles. The summed E-state index contributed by atoms with van der Waals surface area (Å²) in [6.45, 7) is 0. The van der Waals surface area contributed by atoms with Gasteiger partial charge >= 0.3 is 0 Å². The van der Waals surface area contributed by atoms with Gasteiger partial charge in [-0.2, -0.15) is 0 Å². The topological polar surface area (TPSA) is 24.1 Å². The van der Waals surface area contributed by atoms with Crippen LogP contribution in [0.4, 0.5) is 5.69 Å². The Hall–Kier alpha value is -0.610. The minimum Gasteiger partial charge on any atom is -0.360 e. The second-order valence-corrected chi connectivity index (χ2v) is 5.06. The maximum absolute atomic E-state index is 5.21. The van der Waals surface area contributed by atoms with E-state index in [4.69, 9.17) is 12.2 Å². The number of anilines is 1. The molecule has 1 fully saturated rings. The Balaban J connectivity index is 1.84. The molecule has 2 N–H and O–H groups in total. The summed E-state index contributed by atoms with van der Waals surface area (Å²) in [6, 6.07) is 8.57. The molecule has 0 heterocycles. The molecule has 1 aliphatic carbocycles. The van der Waals surface area contributed by atoms with Crippen molar-refractivity contribution < 1.29 is 0 Å². The molecule has 1 aromatic rings. The van der Waals surface area contributed by atoms with Crippen LogP contribution in [0.5, 0.6) is 0 Å². The first-order chi connectivity index (χ1) is 7.24. The first-order valence-corrected chi connectivity index (χ1v) is 6.27. The van der Waals surface area contributed by atoms with Crippen LogP contribution in [0.2, 0.25) is 0 Å². The summed E-state index contributed by atoms with van der Waals surface area (Å²) in [7, 11) is 0. The predicted molar refractivity (Wildman–Crippen MR) is 71.1 cm³/mol. The number of hydrogen-bond acceptors (Lipinski definition) is 1. The van der Waals surface area contributed by atoms with Crippen LogP contribution in [0.25, 0.3) is 0 Å². The Kier molecular flexibility index (Phi) is 3.59. The summed E-state index contributed by atoms with van der Waals surface area (Å²) in [4.78, 5) is 0. The molecule has 2 rings (SSSR count). The van der Waals surface area contributed by atoms with Gasteiger partial charge in [0.2, 0.25) is 0 Å². The maximum Gasteiger partial charge on any atom is 0.170 e. The third kappa shape index (κ3) is 3.18. The highest BCUT2D eigenvalue weighted by Gasteiger charge is 2.17. The van der Waals surface area contributed by atoms with E-state index in [-0.39, 0.29) is 0 Å². The van der Waals surface area contributed by atoms with Crippen LogP contribution in [-0.4, -0.2) is 11.2 Å². The van der Waals surface area contributed by atoms with Gasteiger partial charge < -0.3 is 10.6 Å². The molecule has 0 atom stereocenters. The number of nitrogens with one attached hydrogen (secondary N) is 2. The molecule has 1 aliphatic rings. The Morgan fingerprint density at radius 2 is 1.93 bits per heavy atom. The molecule has 1 aromatic carbocycles. The SMILES string of the molecule is S=C(Nc1ccc(Br)cc1)NC1CCC1. The molecule has 0 amide bonds. The van der Waals surface area contributed by atoms with Gasteiger partial charge in [0.05, 0.1) is 0 Å². The minimum absolute atomic E-state index is 0.584. The summed E-state index contributed by atoms with van der Waals surface area (Å²) in [5, 5.41) is 7.18. The van der Waals surface area contributed by atoms with Crippen molar-refractivity contribution in [2.45, 2.75) is 25.3 Å². The zero-order valence-electron chi connectivity index (χ0n) is 8.29. The molecule has 1 saturated carbocycles. The fourth-order valence-corrected chi connectivity index (χ4v) is 1.99. The zero-order valence-corrected chi connectivity index (χ0v) is 10.7. The highest BCUT2D eigenvalue weighted by molar-refractivity contribution is 9.10. The molecule has 80 valence electrons. The monoisotopic (exact) mass is 284 g/mol. The number of halogens is 1. The van der Waals surface area contributed by atoms with E-state index in [1.54, 1.807) is 0 Å². The standard InChI is InChI=1S/C11H13BrN2S/c12-8-4-6-10(7-5-8)14-11(15)13-9-2-1-3-9/h4-7,9H,1-3H2,(H2,13,14,15). The van der Waals surface area contributed by atoms with Crippen molar-refractivity contribution in [2.75, 3.05) is 5.32 Å². The number of rotatable bonds is 2. The van der Waals surface area contributed by atoms with Gasteiger partial charge in [0.1, 0.15) is 0 Å². The van der Waals surface area contributed by atoms with E-state index in [0.717, 1.165) is 15.3 Å². The molecule has 0 spiro atoms. The van der Waals surface area contributed by atoms with Crippen molar-refractivity contribution in [1.82, 2.24) is 5.32 Å². The number of benzene rings is 1. The number of thiocarbonyl (C=S) groups is 1. The Morgan fingerprint density at radius 1 is 1.27 bits per heavy atom. The lowest BCUT2D eigenvalue weighted by molar-refractivity contribution is 0.385. The van der Waals surface area contributed by atoms with Crippen molar-refractivity contribution in [3.8, 4) is 0 Å². The van der Waals surface area contributed by atoms with E-state index in [9.17, 15) is 0 Å². The van der Waals surface area contributed by atoms with Crippen molar-refractivity contribution in [3.05, 3.63) is 28.7 Å². The van der Waals surface area contributed by atoms with Crippen LogP contribution in [0, 0.1) is 0 Å². The van der Waals surface area contributed by atoms with Gasteiger partial charge in [-0.25, -0.2) is 0 Å². The first-order valence-electron chi connectivity index (χ1n) is 5.07. The Morgan fingerprint density at radius 3 is 2.47 bits per heavy atom. The van der Waals surface area contributed by atoms with Gasteiger partial charge in [-0.1, -0.05) is 15.9 Å². The van der Waals surface area contributed by atoms with Gasteiger partial charge in [-0.05, 0) is 55.7 Å². The number of hydrogen-bond donors (Lipinski definition) is 2. The third-order valence-corrected chi connectivity index (χ3v) is 3.29. The molecule has 0 saturated heterocycles. The van der Waals surface area contributed by atoms with E-state index in [1.807, 2.05) is 24.3 Å². The van der Waals surface area contributed by atoms with E-state index < -0.39 is 0 Å². The highest BCUT2D eigenvalue weighted by atomic mass is 79.9. The lowest BCUT2D eigenvalue weighted by Gasteiger charge is -2.27. The van der Waals surface area contributed by atoms with E-state index in [2.05, 4.69) is 26.6 Å². The third-order valence-electron chi connectivity index (χ3n) is 2.54. The van der Waals surface area contributed by atoms with Crippen molar-refractivity contribution in [1.29, 1.82) is 0 Å². The highest BCUT2D eigenvalue weighted by Crippen LogP contribution is 2.18. The molecular formula is C11H13BrN2S. The Labute approximate surface area is 104 Å². The quantitative estimate of drug-likeness (QED) is 0.815. The zero-order chi connectivity index (χ0) is 10.7. The molecule has 4 heteroatoms. The average molecular weight is 285 g/mol. The summed E-state index contributed by atoms with van der Waals surface area (Å²) in [5.41, 5.74) is 1.02. The summed E-state index contributed by atoms with van der Waals surface area (Å²) in [6.07, 6.45) is 3.79. The fourth-order valence-electron chi connectivity index (χ4n) is 1.44. The van der Waals surface area contributed by atoms with Crippen molar-refractivity contribution in [2.24, 2.45) is 0 Å². The van der Waals surface area contributed by atoms with Crippen LogP contribution in [0.3, 0.4) is 0 Å². The minimum atomic E-state index is 0.584. The van der Waals surface area contributed by atoms with Gasteiger partial charge in [0.25, 0.3) is 0 Å². The average Bonchev–Trinajstić information content (AvgIpc) is 2.16. The first kappa shape index (κ1) is 10.9. The molecule has 15 heavy (non-hydrogen) atoms. The van der Waals surface area contributed by atoms with Crippen LogP contribution in [-0.2, 0) is 0 Å². The fraction of sp³-hybridized carbons (Fsp3) is 0.364. The van der Waals surface area contributed by atoms with Crippen LogP contribution in [0.1, 0.15) is 19.3 Å². The Bertz CT molecular complexity index is 346. The second kappa shape index (κ2) is 4.94. The maximum atomic E-state index is 5.21. The van der Waals surface area contributed by atoms with E-state index in [1.165, 1.54) is 19.3 Å².